The second kappa shape index (κ2) is 22.2. The molecular formula is C48H80N2O12. The number of aliphatic hydroxyl groups is 4. The number of Topliss-reactive ketones (excluding diaryl/α,β-unsaturated/α-hetero) is 1. The van der Waals surface area contributed by atoms with E-state index in [-0.39, 0.29) is 43.8 Å². The summed E-state index contributed by atoms with van der Waals surface area (Å²) in [6, 6.07) is 9.58. The van der Waals surface area contributed by atoms with Gasteiger partial charge in [0.25, 0.3) is 0 Å². The van der Waals surface area contributed by atoms with Crippen LogP contribution in [-0.2, 0) is 38.1 Å². The zero-order valence-corrected chi connectivity index (χ0v) is 39.9. The van der Waals surface area contributed by atoms with Gasteiger partial charge in [-0.1, -0.05) is 82.6 Å². The number of ketones is 1. The van der Waals surface area contributed by atoms with Crippen LogP contribution in [0.4, 0.5) is 0 Å². The summed E-state index contributed by atoms with van der Waals surface area (Å²) in [5, 5.41) is 51.9. The van der Waals surface area contributed by atoms with Gasteiger partial charge in [0.1, 0.15) is 24.6 Å². The van der Waals surface area contributed by atoms with Crippen LogP contribution in [0.15, 0.2) is 41.6 Å². The molecule has 0 amide bonds. The predicted molar refractivity (Wildman–Crippen MR) is 238 cm³/mol. The molecule has 2 saturated heterocycles. The van der Waals surface area contributed by atoms with Crippen LogP contribution in [0.1, 0.15) is 107 Å². The van der Waals surface area contributed by atoms with Crippen LogP contribution >= 0.6 is 0 Å². The van der Waals surface area contributed by atoms with Crippen LogP contribution in [0.25, 0.3) is 6.08 Å². The van der Waals surface area contributed by atoms with Gasteiger partial charge < -0.3 is 58.6 Å². The minimum atomic E-state index is -1.70. The van der Waals surface area contributed by atoms with E-state index in [4.69, 9.17) is 33.3 Å². The monoisotopic (exact) mass is 877 g/mol. The number of carbonyl (C=O) groups is 1. The first-order chi connectivity index (χ1) is 29.0. The largest absolute Gasteiger partial charge is 0.392 e. The SMILES string of the molecule is CC[C@H]1CC(=O)[C@H](C)[C@@H](O[C@H]2C[C@@](C)(OC)[C@@H](O)[C@H](C)O2)[C@H](C)[C@@H](O[C@@H]2O[C@H](C)C[C@H](N(C)C)[C@H]2O)[C@](C)(OC)C[C@@H](C)/C(=N\OC/C=C/c2ccccc2)[C@H](C)[C@@H](O)[C@]1(C)O. The molecule has 14 nitrogen and oxygen atoms in total. The summed E-state index contributed by atoms with van der Waals surface area (Å²) < 4.78 is 39.0. The zero-order chi connectivity index (χ0) is 46.3. The van der Waals surface area contributed by atoms with Crippen molar-refractivity contribution in [2.24, 2.45) is 34.7 Å². The maximum Gasteiger partial charge on any atom is 0.185 e. The first-order valence-corrected chi connectivity index (χ1v) is 22.6. The number of likely N-dealkylation sites (N-methyl/N-ethyl adjacent to an activating group) is 1. The van der Waals surface area contributed by atoms with Crippen molar-refractivity contribution in [3.63, 3.8) is 0 Å². The number of methoxy groups -OCH3 is 2. The maximum atomic E-state index is 14.7. The van der Waals surface area contributed by atoms with Crippen molar-refractivity contribution < 1.29 is 58.5 Å². The van der Waals surface area contributed by atoms with Crippen LogP contribution < -0.4 is 0 Å². The lowest BCUT2D eigenvalue weighted by Crippen LogP contribution is -2.61. The predicted octanol–water partition coefficient (Wildman–Crippen LogP) is 5.62. The number of benzene rings is 1. The molecule has 1 aromatic rings. The molecule has 0 aromatic heterocycles. The summed E-state index contributed by atoms with van der Waals surface area (Å²) in [4.78, 5) is 22.6. The van der Waals surface area contributed by atoms with Crippen molar-refractivity contribution in [2.75, 3.05) is 34.9 Å². The quantitative estimate of drug-likeness (QED) is 0.151. The van der Waals surface area contributed by atoms with E-state index >= 15 is 0 Å². The molecule has 354 valence electrons. The zero-order valence-electron chi connectivity index (χ0n) is 39.9. The lowest BCUT2D eigenvalue weighted by atomic mass is 9.69. The molecule has 4 rings (SSSR count). The lowest BCUT2D eigenvalue weighted by molar-refractivity contribution is -0.318. The molecule has 0 bridgehead atoms. The number of carbonyl (C=O) groups excluding carboxylic acids is 1. The number of nitrogens with zero attached hydrogens (tertiary/aromatic N) is 2. The van der Waals surface area contributed by atoms with Crippen molar-refractivity contribution in [1.82, 2.24) is 4.90 Å². The molecule has 2 aliphatic heterocycles. The second-order valence-corrected chi connectivity index (χ2v) is 19.3. The van der Waals surface area contributed by atoms with E-state index in [1.807, 2.05) is 103 Å². The van der Waals surface area contributed by atoms with Crippen molar-refractivity contribution in [2.45, 2.75) is 179 Å². The fourth-order valence-electron chi connectivity index (χ4n) is 10.1. The van der Waals surface area contributed by atoms with Gasteiger partial charge in [0.2, 0.25) is 0 Å². The van der Waals surface area contributed by atoms with Crippen molar-refractivity contribution in [1.29, 1.82) is 0 Å². The smallest absolute Gasteiger partial charge is 0.185 e. The first kappa shape index (κ1) is 52.3. The minimum Gasteiger partial charge on any atom is -0.392 e. The number of ether oxygens (including phenoxy) is 6. The normalized spacial score (nSPS) is 43.8. The Balaban J connectivity index is 1.87. The summed E-state index contributed by atoms with van der Waals surface area (Å²) in [6.45, 7) is 18.6. The minimum absolute atomic E-state index is 0.0557. The number of aliphatic hydroxyl groups excluding tert-OH is 3. The van der Waals surface area contributed by atoms with Crippen LogP contribution in [-0.4, -0.2) is 150 Å². The molecule has 1 aliphatic carbocycles. The topological polar surface area (TPSA) is 178 Å². The van der Waals surface area contributed by atoms with E-state index in [1.54, 1.807) is 34.8 Å². The number of oxime groups is 1. The highest BCUT2D eigenvalue weighted by atomic mass is 16.7. The van der Waals surface area contributed by atoms with Crippen molar-refractivity contribution >= 4 is 17.6 Å². The highest BCUT2D eigenvalue weighted by Gasteiger charge is 2.53. The average molecular weight is 877 g/mol. The number of rotatable bonds is 12. The fraction of sp³-hybridized carbons (Fsp3) is 0.792. The number of hydrogen-bond donors (Lipinski definition) is 4. The van der Waals surface area contributed by atoms with Gasteiger partial charge in [-0.15, -0.1) is 0 Å². The van der Waals surface area contributed by atoms with Gasteiger partial charge in [0.15, 0.2) is 12.6 Å². The molecule has 1 saturated carbocycles. The van der Waals surface area contributed by atoms with E-state index in [2.05, 4.69) is 5.16 Å². The Hall–Kier alpha value is -2.34. The summed E-state index contributed by atoms with van der Waals surface area (Å²) in [7, 11) is 6.97. The molecule has 62 heavy (non-hydrogen) atoms. The Morgan fingerprint density at radius 3 is 2.13 bits per heavy atom. The van der Waals surface area contributed by atoms with Gasteiger partial charge in [0, 0.05) is 56.8 Å². The Labute approximate surface area is 371 Å². The van der Waals surface area contributed by atoms with Gasteiger partial charge in [-0.2, -0.15) is 0 Å². The highest BCUT2D eigenvalue weighted by Crippen LogP contribution is 2.43. The first-order valence-electron chi connectivity index (χ1n) is 22.6. The van der Waals surface area contributed by atoms with Crippen LogP contribution in [0.2, 0.25) is 0 Å². The molecule has 3 fully saturated rings. The Morgan fingerprint density at radius 1 is 0.887 bits per heavy atom. The molecule has 4 N–H and O–H groups in total. The summed E-state index contributed by atoms with van der Waals surface area (Å²) >= 11 is 0. The molecule has 1 aromatic carbocycles. The third kappa shape index (κ3) is 12.1. The molecule has 2 heterocycles. The van der Waals surface area contributed by atoms with Gasteiger partial charge in [-0.3, -0.25) is 4.79 Å². The summed E-state index contributed by atoms with van der Waals surface area (Å²) in [6.07, 6.45) is -2.72. The van der Waals surface area contributed by atoms with E-state index in [0.717, 1.165) is 5.56 Å². The standard InChI is InChI=1S/C48H80N2O12/c1-15-35-25-37(51)30(4)41(61-38-27-46(8,56-13)43(54)33(7)60-38)32(6)44(62-45-40(52)36(50(11)12)24-29(3)59-45)47(9,57-14)26-28(2)39(31(5)42(53)48(35,10)55)49-58-23-19-22-34-20-17-16-18-21-34/h16-22,28-33,35-36,38,40-45,52-55H,15,23-27H2,1-14H3/b22-19+,49-39+/t28-,29-,30+,31+,32+,33+,35+,36+,38+,40-,41-,42-,43+,44-,45+,46-,47-,48-/m1/s1. The van der Waals surface area contributed by atoms with E-state index in [1.165, 1.54) is 7.11 Å². The Kier molecular flexibility index (Phi) is 18.7. The highest BCUT2D eigenvalue weighted by molar-refractivity contribution is 5.89. The third-order valence-electron chi connectivity index (χ3n) is 14.4. The maximum absolute atomic E-state index is 14.7. The van der Waals surface area contributed by atoms with Crippen LogP contribution in [0.3, 0.4) is 0 Å². The van der Waals surface area contributed by atoms with Crippen molar-refractivity contribution in [3.8, 4) is 0 Å². The fourth-order valence-corrected chi connectivity index (χ4v) is 10.1. The van der Waals surface area contributed by atoms with Gasteiger partial charge >= 0.3 is 0 Å². The summed E-state index contributed by atoms with van der Waals surface area (Å²) in [5.74, 6) is -3.36. The summed E-state index contributed by atoms with van der Waals surface area (Å²) in [5.41, 5.74) is -2.37. The molecule has 0 spiro atoms. The van der Waals surface area contributed by atoms with Gasteiger partial charge in [0.05, 0.1) is 53.0 Å². The van der Waals surface area contributed by atoms with E-state index in [9.17, 15) is 25.2 Å². The second-order valence-electron chi connectivity index (χ2n) is 19.3. The molecule has 18 atom stereocenters. The molecule has 14 heteroatoms. The average Bonchev–Trinajstić information content (AvgIpc) is 3.23. The van der Waals surface area contributed by atoms with E-state index < -0.39 is 95.6 Å². The van der Waals surface area contributed by atoms with Gasteiger partial charge in [-0.05, 0) is 79.1 Å². The number of hydrogen-bond acceptors (Lipinski definition) is 14. The molecule has 0 radical (unpaired) electrons. The Bertz CT molecular complexity index is 1610. The Morgan fingerprint density at radius 2 is 1.53 bits per heavy atom. The van der Waals surface area contributed by atoms with Crippen molar-refractivity contribution in [3.05, 3.63) is 42.0 Å². The van der Waals surface area contributed by atoms with Crippen LogP contribution in [0, 0.1) is 29.6 Å². The lowest BCUT2D eigenvalue weighted by Gasteiger charge is -2.50. The van der Waals surface area contributed by atoms with E-state index in [0.29, 0.717) is 18.6 Å². The van der Waals surface area contributed by atoms with Crippen LogP contribution in [0.5, 0.6) is 0 Å². The molecular weight excluding hydrogens is 797 g/mol. The third-order valence-corrected chi connectivity index (χ3v) is 14.4. The molecule has 0 unspecified atom stereocenters. The molecule has 3 aliphatic rings. The van der Waals surface area contributed by atoms with Gasteiger partial charge in [-0.25, -0.2) is 0 Å².